The summed E-state index contributed by atoms with van der Waals surface area (Å²) in [6.07, 6.45) is 5.56. The van der Waals surface area contributed by atoms with Crippen LogP contribution in [0.3, 0.4) is 0 Å². The summed E-state index contributed by atoms with van der Waals surface area (Å²) in [5.74, 6) is -7.92. The number of thiol groups is 1. The molecule has 0 radical (unpaired) electrons. The molecule has 2 fully saturated rings. The molecule has 0 spiro atoms. The maximum Gasteiger partial charge on any atom is 0.326 e. The number of nitrogens with two attached hydrogens (primary N) is 2. The molecule has 3 heterocycles. The van der Waals surface area contributed by atoms with Gasteiger partial charge < -0.3 is 68.4 Å². The lowest BCUT2D eigenvalue weighted by Gasteiger charge is -2.30. The molecule has 24 nitrogen and oxygen atoms in total. The maximum absolute atomic E-state index is 14.1. The van der Waals surface area contributed by atoms with E-state index in [-0.39, 0.29) is 75.6 Å². The number of rotatable bonds is 29. The Morgan fingerprint density at radius 2 is 1.27 bits per heavy atom. The van der Waals surface area contributed by atoms with E-state index >= 15 is 0 Å². The van der Waals surface area contributed by atoms with Crippen LogP contribution >= 0.6 is 24.4 Å². The van der Waals surface area contributed by atoms with Crippen molar-refractivity contribution in [3.8, 4) is 0 Å². The number of imidazole rings is 1. The van der Waals surface area contributed by atoms with Gasteiger partial charge >= 0.3 is 5.97 Å². The molecule has 0 aliphatic carbocycles. The normalized spacial score (nSPS) is 18.7. The Bertz CT molecular complexity index is 1980. The van der Waals surface area contributed by atoms with E-state index in [1.54, 1.807) is 0 Å². The number of aliphatic carboxylic acids is 1. The molecule has 3 rings (SSSR count). The number of H-pyrrole nitrogens is 1. The van der Waals surface area contributed by atoms with Gasteiger partial charge in [-0.25, -0.2) is 9.78 Å². The van der Waals surface area contributed by atoms with Gasteiger partial charge in [0.1, 0.15) is 48.3 Å². The number of nitrogens with one attached hydrogen (secondary N) is 7. The third-order valence-corrected chi connectivity index (χ3v) is 12.8. The molecule has 2 aliphatic heterocycles. The molecule has 70 heavy (non-hydrogen) atoms. The van der Waals surface area contributed by atoms with E-state index in [0.717, 1.165) is 0 Å². The largest absolute Gasteiger partial charge is 0.480 e. The highest BCUT2D eigenvalue weighted by atomic mass is 32.2. The first kappa shape index (κ1) is 58.8. The smallest absolute Gasteiger partial charge is 0.326 e. The summed E-state index contributed by atoms with van der Waals surface area (Å²) in [7, 11) is 0. The predicted octanol–water partition coefficient (Wildman–Crippen LogP) is -2.71. The zero-order valence-electron chi connectivity index (χ0n) is 40.4. The molecule has 0 bridgehead atoms. The molecule has 9 atom stereocenters. The van der Waals surface area contributed by atoms with Crippen LogP contribution in [0.1, 0.15) is 91.2 Å². The third-order valence-electron chi connectivity index (χ3n) is 11.8. The van der Waals surface area contributed by atoms with Crippen LogP contribution in [0, 0.1) is 11.8 Å². The van der Waals surface area contributed by atoms with Crippen LogP contribution in [-0.2, 0) is 54.4 Å². The number of likely N-dealkylation sites (tertiary alicyclic amines) is 2. The van der Waals surface area contributed by atoms with E-state index < -0.39 is 120 Å². The van der Waals surface area contributed by atoms with Gasteiger partial charge in [-0.05, 0) is 75.2 Å². The highest BCUT2D eigenvalue weighted by Crippen LogP contribution is 2.21. The van der Waals surface area contributed by atoms with Crippen molar-refractivity contribution in [1.82, 2.24) is 51.7 Å². The number of aliphatic hydroxyl groups is 1. The molecule has 0 unspecified atom stereocenters. The van der Waals surface area contributed by atoms with Crippen molar-refractivity contribution >= 4 is 83.5 Å². The molecule has 2 saturated heterocycles. The van der Waals surface area contributed by atoms with E-state index in [4.69, 9.17) is 11.5 Å². The summed E-state index contributed by atoms with van der Waals surface area (Å²) < 4.78 is 0. The van der Waals surface area contributed by atoms with Crippen LogP contribution in [0.2, 0.25) is 0 Å². The lowest BCUT2D eigenvalue weighted by molar-refractivity contribution is -0.149. The average Bonchev–Trinajstić information content (AvgIpc) is 4.12. The van der Waals surface area contributed by atoms with Crippen molar-refractivity contribution in [2.24, 2.45) is 23.3 Å². The van der Waals surface area contributed by atoms with Crippen LogP contribution in [0.5, 0.6) is 0 Å². The first-order chi connectivity index (χ1) is 33.1. The molecule has 1 aromatic rings. The molecule has 26 heteroatoms. The Morgan fingerprint density at radius 1 is 0.743 bits per heavy atom. The van der Waals surface area contributed by atoms with E-state index in [2.05, 4.69) is 54.5 Å². The van der Waals surface area contributed by atoms with E-state index in [9.17, 15) is 58.2 Å². The predicted molar refractivity (Wildman–Crippen MR) is 260 cm³/mol. The topological polar surface area (TPSA) is 371 Å². The van der Waals surface area contributed by atoms with Gasteiger partial charge in [-0.2, -0.15) is 24.4 Å². The second-order valence-electron chi connectivity index (χ2n) is 18.4. The summed E-state index contributed by atoms with van der Waals surface area (Å²) in [6.45, 7) is 6.88. The van der Waals surface area contributed by atoms with Gasteiger partial charge in [0, 0.05) is 43.6 Å². The second-order valence-corrected chi connectivity index (χ2v) is 19.7. The molecular formula is C44H72N12O12S2. The van der Waals surface area contributed by atoms with Crippen molar-refractivity contribution in [3.63, 3.8) is 0 Å². The lowest BCUT2D eigenvalue weighted by atomic mass is 10.0. The highest BCUT2D eigenvalue weighted by molar-refractivity contribution is 7.98. The van der Waals surface area contributed by atoms with E-state index in [1.807, 2.05) is 34.0 Å². The number of amides is 9. The van der Waals surface area contributed by atoms with E-state index in [0.29, 0.717) is 30.7 Å². The number of carboxylic acids is 1. The summed E-state index contributed by atoms with van der Waals surface area (Å²) in [6, 6.07) is -11.1. The highest BCUT2D eigenvalue weighted by Gasteiger charge is 2.41. The van der Waals surface area contributed by atoms with Crippen molar-refractivity contribution in [2.45, 2.75) is 146 Å². The van der Waals surface area contributed by atoms with Crippen LogP contribution in [0.25, 0.3) is 0 Å². The minimum Gasteiger partial charge on any atom is -0.480 e. The Kier molecular flexibility index (Phi) is 24.4. The Balaban J connectivity index is 1.80. The average molecular weight is 1030 g/mol. The number of carboxylic acid groups (broad SMARTS) is 1. The third kappa shape index (κ3) is 18.0. The Labute approximate surface area is 417 Å². The van der Waals surface area contributed by atoms with E-state index in [1.165, 1.54) is 34.1 Å². The van der Waals surface area contributed by atoms with Crippen LogP contribution in [-0.4, -0.2) is 181 Å². The zero-order valence-corrected chi connectivity index (χ0v) is 42.2. The van der Waals surface area contributed by atoms with Gasteiger partial charge in [-0.1, -0.05) is 27.7 Å². The van der Waals surface area contributed by atoms with Crippen molar-refractivity contribution in [2.75, 3.05) is 37.5 Å². The quantitative estimate of drug-likeness (QED) is 0.0363. The van der Waals surface area contributed by atoms with Crippen molar-refractivity contribution in [1.29, 1.82) is 0 Å². The number of primary amides is 1. The first-order valence-electron chi connectivity index (χ1n) is 23.5. The maximum atomic E-state index is 14.1. The van der Waals surface area contributed by atoms with Gasteiger partial charge in [0.05, 0.1) is 19.0 Å². The molecular weight excluding hydrogens is 953 g/mol. The molecule has 13 N–H and O–H groups in total. The summed E-state index contributed by atoms with van der Waals surface area (Å²) in [4.78, 5) is 143. The van der Waals surface area contributed by atoms with Crippen molar-refractivity contribution < 1.29 is 58.2 Å². The summed E-state index contributed by atoms with van der Waals surface area (Å²) >= 11 is 5.73. The summed E-state index contributed by atoms with van der Waals surface area (Å²) in [5, 5.41) is 35.3. The van der Waals surface area contributed by atoms with Gasteiger partial charge in [-0.3, -0.25) is 43.2 Å². The molecule has 2 aliphatic rings. The number of thioether (sulfide) groups is 1. The molecule has 9 amide bonds. The lowest BCUT2D eigenvalue weighted by Crippen LogP contribution is -2.61. The number of hydrogen-bond acceptors (Lipinski definition) is 15. The first-order valence-corrected chi connectivity index (χ1v) is 25.5. The van der Waals surface area contributed by atoms with Gasteiger partial charge in [0.2, 0.25) is 53.2 Å². The minimum absolute atomic E-state index is 0.0739. The number of aromatic nitrogens is 2. The fourth-order valence-electron chi connectivity index (χ4n) is 8.20. The van der Waals surface area contributed by atoms with Gasteiger partial charge in [0.25, 0.3) is 0 Å². The van der Waals surface area contributed by atoms with Gasteiger partial charge in [-0.15, -0.1) is 0 Å². The number of hydrogen-bond donors (Lipinski definition) is 12. The minimum atomic E-state index is -1.48. The number of aromatic amines is 1. The SMILES string of the molecule is CSCC[C@H](NC(=O)[C@H](CC(C)C)NC(=O)[C@H](CS)NC(=O)[C@H](Cc1cnc[nH]1)NC(=O)[C@H](CCC(N)=O)NC(=O)[C@@H]1CCCN1C(=O)[C@H](CO)NC(=O)[C@@H](N)CC(C)C)C(=O)N1CCC[C@H]1C(=O)O. The molecule has 1 aromatic heterocycles. The zero-order chi connectivity index (χ0) is 52.2. The number of nitrogens with zero attached hydrogens (tertiary/aromatic N) is 3. The second kappa shape index (κ2) is 29.0. The fraction of sp³-hybridized carbons (Fsp3) is 0.705. The Hall–Kier alpha value is -5.47. The Morgan fingerprint density at radius 3 is 1.83 bits per heavy atom. The number of carbonyl (C=O) groups is 10. The van der Waals surface area contributed by atoms with Gasteiger partial charge in [0.15, 0.2) is 0 Å². The molecule has 0 saturated carbocycles. The van der Waals surface area contributed by atoms with Crippen LogP contribution in [0.15, 0.2) is 12.5 Å². The monoisotopic (exact) mass is 1020 g/mol. The van der Waals surface area contributed by atoms with Crippen molar-refractivity contribution in [3.05, 3.63) is 18.2 Å². The number of carbonyl (C=O) groups excluding carboxylic acids is 9. The molecule has 0 aromatic carbocycles. The standard InChI is InChI=1S/C44H72N12O12S2/c1-23(2)16-26(45)36(59)53-31(20-57)43(66)55-13-6-8-33(55)41(64)49-27(10-11-35(46)58)37(60)52-30(18-25-19-47-22-48-25)39(62)54-32(21-69)40(63)51-29(17-24(3)4)38(61)50-28(12-15-70-5)42(65)56-14-7-9-34(56)44(67)68/h19,22-24,26-34,57,69H,6-18,20-21,45H2,1-5H3,(H2,46,58)(H,47,48)(H,49,64)(H,50,61)(H,51,63)(H,52,60)(H,53,59)(H,54,62)(H,67,68)/t26-,27-,28-,29-,30-,31-,32-,33-,34-/m0/s1. The fourth-order valence-corrected chi connectivity index (χ4v) is 8.93. The van der Waals surface area contributed by atoms with Crippen LogP contribution in [0.4, 0.5) is 0 Å². The number of aliphatic hydroxyl groups excluding tert-OH is 1. The molecule has 392 valence electrons. The van der Waals surface area contributed by atoms with Crippen LogP contribution < -0.4 is 43.4 Å². The summed E-state index contributed by atoms with van der Waals surface area (Å²) in [5.41, 5.74) is 11.8.